The van der Waals surface area contributed by atoms with Crippen LogP contribution in [0.4, 0.5) is 5.69 Å². The normalized spacial score (nSPS) is 24.6. The molecule has 0 spiro atoms. The number of aryl methyl sites for hydroxylation is 1. The first kappa shape index (κ1) is 28.7. The van der Waals surface area contributed by atoms with Crippen molar-refractivity contribution in [1.29, 1.82) is 0 Å². The number of nitrogens with one attached hydrogen (secondary N) is 1. The number of hydrogen-bond donors (Lipinski definition) is 2. The molecule has 2 saturated carbocycles. The van der Waals surface area contributed by atoms with Crippen LogP contribution in [-0.2, 0) is 14.4 Å². The maximum Gasteiger partial charge on any atom is 0.303 e. The average molecular weight is 570 g/mol. The van der Waals surface area contributed by atoms with Crippen molar-refractivity contribution in [3.8, 4) is 0 Å². The van der Waals surface area contributed by atoms with Crippen molar-refractivity contribution in [2.24, 2.45) is 17.3 Å². The number of halogens is 1. The highest BCUT2D eigenvalue weighted by Crippen LogP contribution is 2.54. The van der Waals surface area contributed by atoms with Crippen LogP contribution < -0.4 is 5.32 Å². The lowest BCUT2D eigenvalue weighted by Crippen LogP contribution is -2.32. The first-order chi connectivity index (χ1) is 18.9. The van der Waals surface area contributed by atoms with Gasteiger partial charge < -0.3 is 19.8 Å². The number of anilines is 1. The van der Waals surface area contributed by atoms with E-state index in [-0.39, 0.29) is 37.1 Å². The van der Waals surface area contributed by atoms with Crippen LogP contribution in [0.25, 0.3) is 0 Å². The lowest BCUT2D eigenvalue weighted by Gasteiger charge is -2.38. The summed E-state index contributed by atoms with van der Waals surface area (Å²) in [7, 11) is 0. The quantitative estimate of drug-likeness (QED) is 0.357. The molecule has 1 aromatic carbocycles. The number of amides is 2. The number of carbonyl (C=O) groups excluding carboxylic acids is 2. The summed E-state index contributed by atoms with van der Waals surface area (Å²) in [5.74, 6) is -0.0389. The van der Waals surface area contributed by atoms with Gasteiger partial charge in [0.2, 0.25) is 11.8 Å². The Bertz CT molecular complexity index is 1290. The molecule has 2 atom stereocenters. The summed E-state index contributed by atoms with van der Waals surface area (Å²) in [5, 5.41) is 17.1. The highest BCUT2D eigenvalue weighted by Gasteiger charge is 2.47. The van der Waals surface area contributed by atoms with Gasteiger partial charge in [0.25, 0.3) is 0 Å². The van der Waals surface area contributed by atoms with Gasteiger partial charge in [0.15, 0.2) is 0 Å². The second kappa shape index (κ2) is 11.2. The van der Waals surface area contributed by atoms with E-state index >= 15 is 0 Å². The number of aromatic nitrogens is 1. The summed E-state index contributed by atoms with van der Waals surface area (Å²) >= 11 is 6.41. The van der Waals surface area contributed by atoms with Gasteiger partial charge in [0, 0.05) is 36.9 Å². The zero-order valence-corrected chi connectivity index (χ0v) is 24.6. The summed E-state index contributed by atoms with van der Waals surface area (Å²) in [6, 6.07) is 5.46. The minimum atomic E-state index is -1.02. The average Bonchev–Trinajstić information content (AvgIpc) is 3.43. The van der Waals surface area contributed by atoms with Crippen molar-refractivity contribution >= 4 is 35.1 Å². The number of likely N-dealkylation sites (tertiary alicyclic amines) is 1. The first-order valence-electron chi connectivity index (χ1n) is 14.5. The van der Waals surface area contributed by atoms with E-state index in [0.29, 0.717) is 40.4 Å². The van der Waals surface area contributed by atoms with Crippen LogP contribution in [0.1, 0.15) is 106 Å². The largest absolute Gasteiger partial charge is 0.481 e. The number of benzene rings is 1. The topological polar surface area (TPSA) is 113 Å². The Hall–Kier alpha value is -2.87. The fraction of sp³-hybridized carbons (Fsp3) is 0.613. The molecule has 1 aliphatic heterocycles. The van der Waals surface area contributed by atoms with Gasteiger partial charge in [-0.3, -0.25) is 14.4 Å². The molecule has 0 radical (unpaired) electrons. The maximum absolute atomic E-state index is 13.7. The molecule has 9 heteroatoms. The van der Waals surface area contributed by atoms with E-state index in [9.17, 15) is 14.4 Å². The van der Waals surface area contributed by atoms with Crippen LogP contribution in [0.15, 0.2) is 22.7 Å². The second-order valence-corrected chi connectivity index (χ2v) is 13.7. The number of carbonyl (C=O) groups is 3. The zero-order chi connectivity index (χ0) is 28.8. The highest BCUT2D eigenvalue weighted by atomic mass is 35.5. The Morgan fingerprint density at radius 3 is 2.48 bits per heavy atom. The third-order valence-corrected chi connectivity index (χ3v) is 8.89. The lowest BCUT2D eigenvalue weighted by molar-refractivity contribution is -0.140. The Balaban J connectivity index is 1.40. The van der Waals surface area contributed by atoms with E-state index in [0.717, 1.165) is 48.3 Å². The molecular weight excluding hydrogens is 530 g/mol. The van der Waals surface area contributed by atoms with Crippen LogP contribution in [0.3, 0.4) is 0 Å². The van der Waals surface area contributed by atoms with Crippen LogP contribution in [0.5, 0.6) is 0 Å². The van der Waals surface area contributed by atoms with Crippen LogP contribution in [0.2, 0.25) is 5.02 Å². The van der Waals surface area contributed by atoms with Crippen LogP contribution >= 0.6 is 11.6 Å². The van der Waals surface area contributed by atoms with Gasteiger partial charge in [-0.25, -0.2) is 0 Å². The van der Waals surface area contributed by atoms with Crippen molar-refractivity contribution in [1.82, 2.24) is 10.1 Å². The molecule has 8 nitrogen and oxygen atoms in total. The molecule has 2 aliphatic carbocycles. The Morgan fingerprint density at radius 2 is 1.85 bits per heavy atom. The molecule has 1 saturated heterocycles. The van der Waals surface area contributed by atoms with Gasteiger partial charge in [0.1, 0.15) is 5.76 Å². The van der Waals surface area contributed by atoms with Gasteiger partial charge in [0.05, 0.1) is 28.7 Å². The molecule has 5 rings (SSSR count). The molecule has 2 aromatic rings. The number of hydrogen-bond acceptors (Lipinski definition) is 5. The molecule has 216 valence electrons. The second-order valence-electron chi connectivity index (χ2n) is 13.3. The molecule has 40 heavy (non-hydrogen) atoms. The summed E-state index contributed by atoms with van der Waals surface area (Å²) in [6.45, 7) is 9.27. The highest BCUT2D eigenvalue weighted by molar-refractivity contribution is 6.33. The van der Waals surface area contributed by atoms with E-state index in [4.69, 9.17) is 21.2 Å². The maximum atomic E-state index is 13.7. The molecule has 2 N–H and O–H groups in total. The van der Waals surface area contributed by atoms with Crippen molar-refractivity contribution in [2.45, 2.75) is 90.4 Å². The standard InChI is InChI=1S/C31H40ClN3O5/c1-17-5-8-24(23(32)11-17)33-30(39)22-16-35(25(36)9-10-26(37)38)15-21(22)28-27(19-6-7-19)29(40-34-28)20-12-18(13-20)14-31(2,3)4/h5,8,11,18-22H,6-7,9-10,12-16H2,1-4H3,(H,33,39)(H,37,38). The minimum Gasteiger partial charge on any atom is -0.481 e. The third-order valence-electron chi connectivity index (χ3n) is 8.57. The number of aliphatic carboxylic acids is 1. The summed E-state index contributed by atoms with van der Waals surface area (Å²) in [6.07, 6.45) is 5.17. The fourth-order valence-corrected chi connectivity index (χ4v) is 6.80. The summed E-state index contributed by atoms with van der Waals surface area (Å²) in [5.41, 5.74) is 3.75. The van der Waals surface area contributed by atoms with Gasteiger partial charge >= 0.3 is 5.97 Å². The van der Waals surface area contributed by atoms with E-state index in [1.807, 2.05) is 13.0 Å². The Labute approximate surface area is 240 Å². The number of carboxylic acid groups (broad SMARTS) is 1. The van der Waals surface area contributed by atoms with Crippen molar-refractivity contribution in [3.05, 3.63) is 45.8 Å². The smallest absolute Gasteiger partial charge is 0.303 e. The van der Waals surface area contributed by atoms with Gasteiger partial charge in [-0.05, 0) is 74.0 Å². The number of rotatable bonds is 9. The lowest BCUT2D eigenvalue weighted by atomic mass is 9.66. The van der Waals surface area contributed by atoms with Crippen molar-refractivity contribution < 1.29 is 24.0 Å². The van der Waals surface area contributed by atoms with Gasteiger partial charge in [-0.1, -0.05) is 43.6 Å². The Kier molecular flexibility index (Phi) is 8.01. The van der Waals surface area contributed by atoms with Gasteiger partial charge in [-0.15, -0.1) is 0 Å². The molecule has 2 heterocycles. The van der Waals surface area contributed by atoms with Crippen molar-refractivity contribution in [3.63, 3.8) is 0 Å². The third kappa shape index (κ3) is 6.37. The molecule has 0 bridgehead atoms. The van der Waals surface area contributed by atoms with Crippen LogP contribution in [-0.4, -0.2) is 46.0 Å². The molecule has 3 aliphatic rings. The van der Waals surface area contributed by atoms with E-state index in [1.54, 1.807) is 17.0 Å². The number of nitrogens with zero attached hydrogens (tertiary/aromatic N) is 2. The minimum absolute atomic E-state index is 0.100. The SMILES string of the molecule is Cc1ccc(NC(=O)C2CN(C(=O)CCC(=O)O)CC2c2noc(C3CC(CC(C)(C)C)C3)c2C2CC2)c(Cl)c1. The molecule has 2 unspecified atom stereocenters. The zero-order valence-electron chi connectivity index (χ0n) is 23.8. The molecule has 1 aromatic heterocycles. The van der Waals surface area contributed by atoms with Crippen molar-refractivity contribution in [2.75, 3.05) is 18.4 Å². The van der Waals surface area contributed by atoms with Crippen LogP contribution in [0, 0.1) is 24.2 Å². The Morgan fingerprint density at radius 1 is 1.12 bits per heavy atom. The fourth-order valence-electron chi connectivity index (χ4n) is 6.52. The molecule has 2 amide bonds. The van der Waals surface area contributed by atoms with E-state index in [1.165, 1.54) is 6.42 Å². The molecular formula is C31H40ClN3O5. The molecule has 3 fully saturated rings. The van der Waals surface area contributed by atoms with E-state index in [2.05, 4.69) is 31.2 Å². The summed E-state index contributed by atoms with van der Waals surface area (Å²) in [4.78, 5) is 39.4. The predicted octanol–water partition coefficient (Wildman–Crippen LogP) is 6.49. The monoisotopic (exact) mass is 569 g/mol. The van der Waals surface area contributed by atoms with Gasteiger partial charge in [-0.2, -0.15) is 0 Å². The predicted molar refractivity (Wildman–Crippen MR) is 153 cm³/mol. The number of carboxylic acids is 1. The van der Waals surface area contributed by atoms with E-state index < -0.39 is 11.9 Å². The summed E-state index contributed by atoms with van der Waals surface area (Å²) < 4.78 is 6.06. The first-order valence-corrected chi connectivity index (χ1v) is 14.8.